The molecule has 5 heteroatoms. The number of amides is 1. The summed E-state index contributed by atoms with van der Waals surface area (Å²) >= 11 is 0. The average Bonchev–Trinajstić information content (AvgIpc) is 2.68. The number of nitrogens with zero attached hydrogens (tertiary/aromatic N) is 1. The molecule has 1 amide bonds. The average molecular weight is 352 g/mol. The minimum absolute atomic E-state index is 0.0125. The molecular weight excluding hydrogens is 328 g/mol. The van der Waals surface area contributed by atoms with Gasteiger partial charge in [0, 0.05) is 36.4 Å². The van der Waals surface area contributed by atoms with E-state index in [1.54, 1.807) is 24.3 Å². The van der Waals surface area contributed by atoms with E-state index in [9.17, 15) is 9.59 Å². The number of morpholine rings is 1. The molecule has 136 valence electrons. The van der Waals surface area contributed by atoms with Crippen LogP contribution in [0.3, 0.4) is 0 Å². The predicted octanol–water partition coefficient (Wildman–Crippen LogP) is 3.30. The zero-order chi connectivity index (χ0) is 18.4. The first kappa shape index (κ1) is 18.1. The van der Waals surface area contributed by atoms with Crippen molar-refractivity contribution >= 4 is 23.1 Å². The smallest absolute Gasteiger partial charge is 0.224 e. The molecule has 0 unspecified atom stereocenters. The summed E-state index contributed by atoms with van der Waals surface area (Å²) in [6.45, 7) is 4.89. The number of benzene rings is 2. The largest absolute Gasteiger partial charge is 0.378 e. The Morgan fingerprint density at radius 3 is 2.50 bits per heavy atom. The number of hydrogen-bond acceptors (Lipinski definition) is 4. The number of nitrogens with one attached hydrogen (secondary N) is 1. The monoisotopic (exact) mass is 352 g/mol. The van der Waals surface area contributed by atoms with Gasteiger partial charge in [-0.25, -0.2) is 0 Å². The fourth-order valence-electron chi connectivity index (χ4n) is 2.99. The van der Waals surface area contributed by atoms with Crippen molar-refractivity contribution in [1.29, 1.82) is 0 Å². The quantitative estimate of drug-likeness (QED) is 0.811. The maximum atomic E-state index is 12.2. The van der Waals surface area contributed by atoms with Crippen molar-refractivity contribution in [1.82, 2.24) is 0 Å². The Hall–Kier alpha value is -2.66. The minimum Gasteiger partial charge on any atom is -0.378 e. The zero-order valence-electron chi connectivity index (χ0n) is 15.0. The number of anilines is 2. The highest BCUT2D eigenvalue weighted by atomic mass is 16.5. The van der Waals surface area contributed by atoms with E-state index in [2.05, 4.69) is 34.5 Å². The van der Waals surface area contributed by atoms with E-state index in [4.69, 9.17) is 4.74 Å². The van der Waals surface area contributed by atoms with Crippen LogP contribution in [-0.4, -0.2) is 38.0 Å². The fraction of sp³-hybridized carbons (Fsp3) is 0.333. The Morgan fingerprint density at radius 2 is 1.81 bits per heavy atom. The highest BCUT2D eigenvalue weighted by Gasteiger charge is 2.11. The van der Waals surface area contributed by atoms with Crippen LogP contribution in [0.5, 0.6) is 0 Å². The highest BCUT2D eigenvalue weighted by molar-refractivity contribution is 5.97. The third-order valence-corrected chi connectivity index (χ3v) is 4.51. The maximum absolute atomic E-state index is 12.2. The van der Waals surface area contributed by atoms with Crippen LogP contribution >= 0.6 is 0 Å². The van der Waals surface area contributed by atoms with E-state index in [0.29, 0.717) is 24.1 Å². The Balaban J connectivity index is 1.51. The summed E-state index contributed by atoms with van der Waals surface area (Å²) in [5.74, 6) is -0.0654. The molecule has 1 aliphatic heterocycles. The summed E-state index contributed by atoms with van der Waals surface area (Å²) in [5.41, 5.74) is 3.59. The lowest BCUT2D eigenvalue weighted by Crippen LogP contribution is -2.36. The first-order valence-electron chi connectivity index (χ1n) is 8.94. The Morgan fingerprint density at radius 1 is 1.08 bits per heavy atom. The van der Waals surface area contributed by atoms with Crippen LogP contribution in [0.15, 0.2) is 48.5 Å². The summed E-state index contributed by atoms with van der Waals surface area (Å²) in [6, 6.07) is 15.4. The van der Waals surface area contributed by atoms with Gasteiger partial charge in [0.1, 0.15) is 0 Å². The number of ketones is 1. The molecule has 1 saturated heterocycles. The van der Waals surface area contributed by atoms with Crippen LogP contribution in [0.1, 0.15) is 29.3 Å². The lowest BCUT2D eigenvalue weighted by atomic mass is 10.1. The molecule has 2 aromatic rings. The van der Waals surface area contributed by atoms with Crippen molar-refractivity contribution < 1.29 is 14.3 Å². The molecule has 26 heavy (non-hydrogen) atoms. The maximum Gasteiger partial charge on any atom is 0.224 e. The van der Waals surface area contributed by atoms with Crippen LogP contribution in [0.25, 0.3) is 0 Å². The number of aryl methyl sites for hydroxylation is 1. The zero-order valence-corrected chi connectivity index (χ0v) is 15.0. The third-order valence-electron chi connectivity index (χ3n) is 4.51. The molecule has 0 spiro atoms. The van der Waals surface area contributed by atoms with Crippen molar-refractivity contribution in [3.05, 3.63) is 59.7 Å². The molecule has 0 atom stereocenters. The van der Waals surface area contributed by atoms with Gasteiger partial charge in [-0.15, -0.1) is 0 Å². The molecule has 1 heterocycles. The second-order valence-electron chi connectivity index (χ2n) is 6.45. The summed E-state index contributed by atoms with van der Waals surface area (Å²) in [7, 11) is 0. The normalized spacial score (nSPS) is 14.1. The van der Waals surface area contributed by atoms with Gasteiger partial charge < -0.3 is 15.0 Å². The topological polar surface area (TPSA) is 58.6 Å². The molecule has 0 radical (unpaired) electrons. The molecule has 1 fully saturated rings. The lowest BCUT2D eigenvalue weighted by Gasteiger charge is -2.28. The van der Waals surface area contributed by atoms with Crippen molar-refractivity contribution in [3.8, 4) is 0 Å². The molecular formula is C21H24N2O3. The molecule has 0 aromatic heterocycles. The molecule has 0 saturated carbocycles. The van der Waals surface area contributed by atoms with E-state index in [1.807, 2.05) is 0 Å². The van der Waals surface area contributed by atoms with Gasteiger partial charge in [-0.05, 0) is 43.2 Å². The molecule has 1 aliphatic rings. The van der Waals surface area contributed by atoms with E-state index < -0.39 is 0 Å². The molecule has 1 N–H and O–H groups in total. The van der Waals surface area contributed by atoms with Gasteiger partial charge in [0.25, 0.3) is 0 Å². The van der Waals surface area contributed by atoms with Gasteiger partial charge in [-0.2, -0.15) is 0 Å². The third kappa shape index (κ3) is 4.92. The van der Waals surface area contributed by atoms with Crippen LogP contribution in [0, 0.1) is 0 Å². The molecule has 0 aliphatic carbocycles. The number of ether oxygens (including phenoxy) is 1. The predicted molar refractivity (Wildman–Crippen MR) is 103 cm³/mol. The number of carbonyl (C=O) groups is 2. The van der Waals surface area contributed by atoms with Crippen molar-refractivity contribution in [2.45, 2.75) is 19.8 Å². The van der Waals surface area contributed by atoms with E-state index in [0.717, 1.165) is 31.9 Å². The number of carbonyl (C=O) groups excluding carboxylic acids is 2. The first-order valence-corrected chi connectivity index (χ1v) is 8.94. The minimum atomic E-state index is -0.0528. The summed E-state index contributed by atoms with van der Waals surface area (Å²) in [6.07, 6.45) is 1.09. The van der Waals surface area contributed by atoms with Crippen LogP contribution < -0.4 is 10.2 Å². The SMILES string of the molecule is CC(=O)c1cccc(NC(=O)CCc2ccc(N3CCOCC3)cc2)c1. The molecule has 5 nitrogen and oxygen atoms in total. The van der Waals surface area contributed by atoms with Crippen molar-refractivity contribution in [3.63, 3.8) is 0 Å². The number of Topliss-reactive ketones (excluding diaryl/α,β-unsaturated/α-hetero) is 1. The first-order chi connectivity index (χ1) is 12.6. The standard InChI is InChI=1S/C21H24N2O3/c1-16(24)18-3-2-4-19(15-18)22-21(25)10-7-17-5-8-20(9-6-17)23-11-13-26-14-12-23/h2-6,8-9,15H,7,10-14H2,1H3,(H,22,25). The molecule has 2 aromatic carbocycles. The van der Waals surface area contributed by atoms with Crippen molar-refractivity contribution in [2.75, 3.05) is 36.5 Å². The van der Waals surface area contributed by atoms with Gasteiger partial charge in [-0.3, -0.25) is 9.59 Å². The Labute approximate surface area is 154 Å². The van der Waals surface area contributed by atoms with Crippen LogP contribution in [0.2, 0.25) is 0 Å². The Kier molecular flexibility index (Phi) is 6.02. The van der Waals surface area contributed by atoms with Gasteiger partial charge in [0.05, 0.1) is 13.2 Å². The number of rotatable bonds is 6. The van der Waals surface area contributed by atoms with Gasteiger partial charge in [0.15, 0.2) is 5.78 Å². The van der Waals surface area contributed by atoms with Gasteiger partial charge >= 0.3 is 0 Å². The second kappa shape index (κ2) is 8.63. The van der Waals surface area contributed by atoms with E-state index >= 15 is 0 Å². The van der Waals surface area contributed by atoms with Crippen LogP contribution in [0.4, 0.5) is 11.4 Å². The van der Waals surface area contributed by atoms with Gasteiger partial charge in [0.2, 0.25) is 5.91 Å². The highest BCUT2D eigenvalue weighted by Crippen LogP contribution is 2.18. The van der Waals surface area contributed by atoms with Crippen molar-refractivity contribution in [2.24, 2.45) is 0 Å². The molecule has 0 bridgehead atoms. The van der Waals surface area contributed by atoms with E-state index in [-0.39, 0.29) is 11.7 Å². The summed E-state index contributed by atoms with van der Waals surface area (Å²) in [4.78, 5) is 25.9. The second-order valence-corrected chi connectivity index (χ2v) is 6.45. The molecule has 3 rings (SSSR count). The number of hydrogen-bond donors (Lipinski definition) is 1. The van der Waals surface area contributed by atoms with E-state index in [1.165, 1.54) is 12.6 Å². The fourth-order valence-corrected chi connectivity index (χ4v) is 2.99. The van der Waals surface area contributed by atoms with Crippen LogP contribution in [-0.2, 0) is 16.0 Å². The lowest BCUT2D eigenvalue weighted by molar-refractivity contribution is -0.116. The van der Waals surface area contributed by atoms with Gasteiger partial charge in [-0.1, -0.05) is 24.3 Å². The summed E-state index contributed by atoms with van der Waals surface area (Å²) < 4.78 is 5.37. The summed E-state index contributed by atoms with van der Waals surface area (Å²) in [5, 5.41) is 2.86. The Bertz CT molecular complexity index is 765.